The van der Waals surface area contributed by atoms with Crippen LogP contribution in [0.4, 0.5) is 10.1 Å². The third kappa shape index (κ3) is 3.90. The summed E-state index contributed by atoms with van der Waals surface area (Å²) < 4.78 is 19.3. The molecule has 2 fully saturated rings. The first-order valence-corrected chi connectivity index (χ1v) is 12.4. The molecule has 176 valence electrons. The van der Waals surface area contributed by atoms with E-state index >= 15 is 0 Å². The standard InChI is InChI=1S/C28H31FN4O/c1-34-22-7-9-27-24(17-22)28(10-11-30-27)33-14-12-32(13-15-33)21-5-2-19(3-6-21)25-18-31-26-8-4-20(29)16-23(25)26/h4,7-11,16-19,21,31H,2-3,5-6,12-15H2,1H3. The van der Waals surface area contributed by atoms with Crippen molar-refractivity contribution in [2.45, 2.75) is 37.6 Å². The van der Waals surface area contributed by atoms with Gasteiger partial charge < -0.3 is 14.6 Å². The van der Waals surface area contributed by atoms with Gasteiger partial charge in [0.25, 0.3) is 0 Å². The summed E-state index contributed by atoms with van der Waals surface area (Å²) in [6.45, 7) is 4.22. The molecule has 0 spiro atoms. The Morgan fingerprint density at radius 3 is 2.56 bits per heavy atom. The predicted octanol–water partition coefficient (Wildman–Crippen LogP) is 5.71. The van der Waals surface area contributed by atoms with Gasteiger partial charge in [0.2, 0.25) is 0 Å². The number of aromatic nitrogens is 2. The lowest BCUT2D eigenvalue weighted by Gasteiger charge is -2.43. The van der Waals surface area contributed by atoms with Crippen LogP contribution >= 0.6 is 0 Å². The predicted molar refractivity (Wildman–Crippen MR) is 135 cm³/mol. The molecule has 0 amide bonds. The number of anilines is 1. The summed E-state index contributed by atoms with van der Waals surface area (Å²) >= 11 is 0. The maximum atomic E-state index is 13.8. The molecule has 3 heterocycles. The number of H-pyrrole nitrogens is 1. The van der Waals surface area contributed by atoms with Crippen molar-refractivity contribution in [2.75, 3.05) is 38.2 Å². The Morgan fingerprint density at radius 1 is 0.941 bits per heavy atom. The van der Waals surface area contributed by atoms with Crippen molar-refractivity contribution in [2.24, 2.45) is 0 Å². The molecule has 0 radical (unpaired) electrons. The van der Waals surface area contributed by atoms with E-state index in [4.69, 9.17) is 4.74 Å². The summed E-state index contributed by atoms with van der Waals surface area (Å²) in [5.41, 5.74) is 4.59. The van der Waals surface area contributed by atoms with Crippen molar-refractivity contribution >= 4 is 27.5 Å². The molecule has 0 unspecified atom stereocenters. The van der Waals surface area contributed by atoms with Crippen molar-refractivity contribution < 1.29 is 9.13 Å². The average molecular weight is 459 g/mol. The lowest BCUT2D eigenvalue weighted by Crippen LogP contribution is -2.51. The van der Waals surface area contributed by atoms with Crippen LogP contribution in [0.3, 0.4) is 0 Å². The molecule has 6 rings (SSSR count). The maximum absolute atomic E-state index is 13.8. The van der Waals surface area contributed by atoms with E-state index in [-0.39, 0.29) is 5.82 Å². The van der Waals surface area contributed by atoms with E-state index in [9.17, 15) is 4.39 Å². The van der Waals surface area contributed by atoms with Crippen LogP contribution in [0.5, 0.6) is 5.75 Å². The second kappa shape index (κ2) is 8.91. The number of halogens is 1. The van der Waals surface area contributed by atoms with Gasteiger partial charge in [-0.25, -0.2) is 4.39 Å². The molecule has 2 aromatic heterocycles. The summed E-state index contributed by atoms with van der Waals surface area (Å²) in [5, 5.41) is 2.21. The van der Waals surface area contributed by atoms with Crippen LogP contribution in [0.25, 0.3) is 21.8 Å². The molecule has 0 bridgehead atoms. The van der Waals surface area contributed by atoms with Crippen molar-refractivity contribution in [3.8, 4) is 5.75 Å². The van der Waals surface area contributed by atoms with E-state index in [0.29, 0.717) is 12.0 Å². The van der Waals surface area contributed by atoms with Gasteiger partial charge in [-0.3, -0.25) is 9.88 Å². The first-order chi connectivity index (χ1) is 16.7. The van der Waals surface area contributed by atoms with E-state index in [2.05, 4.69) is 38.1 Å². The van der Waals surface area contributed by atoms with E-state index in [1.807, 2.05) is 24.4 Å². The van der Waals surface area contributed by atoms with Crippen LogP contribution in [-0.4, -0.2) is 54.2 Å². The number of hydrogen-bond acceptors (Lipinski definition) is 4. The highest BCUT2D eigenvalue weighted by Gasteiger charge is 2.30. The van der Waals surface area contributed by atoms with Gasteiger partial charge >= 0.3 is 0 Å². The lowest BCUT2D eigenvalue weighted by molar-refractivity contribution is 0.141. The Morgan fingerprint density at radius 2 is 1.76 bits per heavy atom. The SMILES string of the molecule is COc1ccc2nccc(N3CCN(C4CCC(c5c[nH]c6ccc(F)cc56)CC4)CC3)c2c1. The molecule has 1 N–H and O–H groups in total. The van der Waals surface area contributed by atoms with Crippen LogP contribution < -0.4 is 9.64 Å². The monoisotopic (exact) mass is 458 g/mol. The molecule has 2 aliphatic rings. The van der Waals surface area contributed by atoms with Crippen molar-refractivity contribution in [1.82, 2.24) is 14.9 Å². The van der Waals surface area contributed by atoms with Crippen molar-refractivity contribution in [3.05, 3.63) is 66.2 Å². The Bertz CT molecular complexity index is 1300. The Kier molecular flexibility index (Phi) is 5.61. The number of hydrogen-bond donors (Lipinski definition) is 1. The number of nitrogens with one attached hydrogen (secondary N) is 1. The quantitative estimate of drug-likeness (QED) is 0.425. The molecular formula is C28H31FN4O. The number of fused-ring (bicyclic) bond motifs is 2. The number of aromatic amines is 1. The van der Waals surface area contributed by atoms with Crippen LogP contribution in [0, 0.1) is 5.82 Å². The molecule has 1 saturated heterocycles. The average Bonchev–Trinajstić information content (AvgIpc) is 3.31. The van der Waals surface area contributed by atoms with Gasteiger partial charge in [0.05, 0.1) is 12.6 Å². The van der Waals surface area contributed by atoms with Gasteiger partial charge in [-0.05, 0) is 79.6 Å². The van der Waals surface area contributed by atoms with Crippen molar-refractivity contribution in [3.63, 3.8) is 0 Å². The van der Waals surface area contributed by atoms with E-state index in [0.717, 1.165) is 53.7 Å². The molecule has 1 aliphatic carbocycles. The number of methoxy groups -OCH3 is 1. The fraction of sp³-hybridized carbons (Fsp3) is 0.393. The molecule has 4 aromatic rings. The van der Waals surface area contributed by atoms with Gasteiger partial charge in [-0.15, -0.1) is 0 Å². The first-order valence-electron chi connectivity index (χ1n) is 12.4. The number of ether oxygens (including phenoxy) is 1. The first kappa shape index (κ1) is 21.4. The molecular weight excluding hydrogens is 427 g/mol. The second-order valence-electron chi connectivity index (χ2n) is 9.68. The largest absolute Gasteiger partial charge is 0.497 e. The summed E-state index contributed by atoms with van der Waals surface area (Å²) in [5.74, 6) is 1.24. The van der Waals surface area contributed by atoms with Gasteiger partial charge in [0.15, 0.2) is 0 Å². The molecule has 2 aromatic carbocycles. The molecule has 34 heavy (non-hydrogen) atoms. The van der Waals surface area contributed by atoms with Crippen LogP contribution in [0.1, 0.15) is 37.2 Å². The minimum absolute atomic E-state index is 0.152. The van der Waals surface area contributed by atoms with Gasteiger partial charge in [0.1, 0.15) is 11.6 Å². The molecule has 0 atom stereocenters. The normalized spacial score (nSPS) is 21.9. The number of pyridine rings is 1. The minimum Gasteiger partial charge on any atom is -0.497 e. The van der Waals surface area contributed by atoms with Gasteiger partial charge in [-0.1, -0.05) is 0 Å². The highest BCUT2D eigenvalue weighted by molar-refractivity contribution is 5.92. The third-order valence-corrected chi connectivity index (χ3v) is 7.91. The van der Waals surface area contributed by atoms with Crippen LogP contribution in [0.15, 0.2) is 54.9 Å². The van der Waals surface area contributed by atoms with E-state index in [1.54, 1.807) is 13.2 Å². The van der Waals surface area contributed by atoms with Crippen molar-refractivity contribution in [1.29, 1.82) is 0 Å². The summed E-state index contributed by atoms with van der Waals surface area (Å²) in [6, 6.07) is 14.0. The maximum Gasteiger partial charge on any atom is 0.123 e. The fourth-order valence-corrected chi connectivity index (χ4v) is 6.05. The fourth-order valence-electron chi connectivity index (χ4n) is 6.05. The Balaban J connectivity index is 1.10. The highest BCUT2D eigenvalue weighted by atomic mass is 19.1. The second-order valence-corrected chi connectivity index (χ2v) is 9.68. The Labute approximate surface area is 199 Å². The summed E-state index contributed by atoms with van der Waals surface area (Å²) in [4.78, 5) is 13.0. The zero-order valence-electron chi connectivity index (χ0n) is 19.6. The van der Waals surface area contributed by atoms with Crippen LogP contribution in [-0.2, 0) is 0 Å². The molecule has 5 nitrogen and oxygen atoms in total. The number of benzene rings is 2. The third-order valence-electron chi connectivity index (χ3n) is 7.91. The topological polar surface area (TPSA) is 44.4 Å². The lowest BCUT2D eigenvalue weighted by atomic mass is 9.81. The number of piperazine rings is 1. The molecule has 1 saturated carbocycles. The highest BCUT2D eigenvalue weighted by Crippen LogP contribution is 2.38. The van der Waals surface area contributed by atoms with E-state index in [1.165, 1.54) is 43.0 Å². The summed E-state index contributed by atoms with van der Waals surface area (Å²) in [6.07, 6.45) is 8.77. The van der Waals surface area contributed by atoms with E-state index < -0.39 is 0 Å². The number of nitrogens with zero attached hydrogens (tertiary/aromatic N) is 3. The molecule has 1 aliphatic heterocycles. The van der Waals surface area contributed by atoms with Gasteiger partial charge in [0, 0.05) is 66.6 Å². The minimum atomic E-state index is -0.152. The molecule has 6 heteroatoms. The van der Waals surface area contributed by atoms with Gasteiger partial charge in [-0.2, -0.15) is 0 Å². The Hall–Kier alpha value is -3.12. The zero-order valence-corrected chi connectivity index (χ0v) is 19.6. The smallest absolute Gasteiger partial charge is 0.123 e. The summed E-state index contributed by atoms with van der Waals surface area (Å²) in [7, 11) is 1.71. The number of rotatable bonds is 4. The van der Waals surface area contributed by atoms with Crippen LogP contribution in [0.2, 0.25) is 0 Å². The zero-order chi connectivity index (χ0) is 23.1.